The van der Waals surface area contributed by atoms with Gasteiger partial charge in [0.25, 0.3) is 0 Å². The third-order valence-corrected chi connectivity index (χ3v) is 5.28. The number of likely N-dealkylation sites (N-methyl/N-ethyl adjacent to an activating group) is 1. The van der Waals surface area contributed by atoms with Crippen molar-refractivity contribution >= 4 is 11.3 Å². The van der Waals surface area contributed by atoms with Crippen LogP contribution >= 0.6 is 11.3 Å². The maximum Gasteiger partial charge on any atom is 0.129 e. The molecule has 4 heteroatoms. The number of thiophene rings is 1. The van der Waals surface area contributed by atoms with Crippen LogP contribution in [0.3, 0.4) is 0 Å². The fourth-order valence-electron chi connectivity index (χ4n) is 2.80. The van der Waals surface area contributed by atoms with E-state index in [0.717, 1.165) is 12.8 Å². The van der Waals surface area contributed by atoms with Gasteiger partial charge in [0.15, 0.2) is 0 Å². The first-order valence-corrected chi connectivity index (χ1v) is 7.72. The normalized spacial score (nSPS) is 15.3. The maximum absolute atomic E-state index is 13.8. The minimum absolute atomic E-state index is 0.0306. The van der Waals surface area contributed by atoms with E-state index in [4.69, 9.17) is 0 Å². The molecule has 1 atom stereocenters. The highest BCUT2D eigenvalue weighted by Crippen LogP contribution is 2.35. The van der Waals surface area contributed by atoms with E-state index < -0.39 is 11.6 Å². The summed E-state index contributed by atoms with van der Waals surface area (Å²) >= 11 is 1.78. The molecule has 1 nitrogen and oxygen atoms in total. The third-order valence-electron chi connectivity index (χ3n) is 3.93. The quantitative estimate of drug-likeness (QED) is 0.898. The molecule has 1 aliphatic rings. The molecule has 0 bridgehead atoms. The molecule has 0 saturated heterocycles. The van der Waals surface area contributed by atoms with E-state index in [9.17, 15) is 8.78 Å². The number of rotatable bonds is 4. The van der Waals surface area contributed by atoms with Crippen molar-refractivity contribution in [3.05, 3.63) is 56.8 Å². The van der Waals surface area contributed by atoms with Gasteiger partial charge >= 0.3 is 0 Å². The highest BCUT2D eigenvalue weighted by Gasteiger charge is 2.21. The molecule has 1 aromatic heterocycles. The number of aryl methyl sites for hydroxylation is 2. The average molecular weight is 293 g/mol. The Balaban J connectivity index is 1.86. The van der Waals surface area contributed by atoms with Crippen molar-refractivity contribution in [2.24, 2.45) is 0 Å². The average Bonchev–Trinajstić information content (AvgIpc) is 2.99. The summed E-state index contributed by atoms with van der Waals surface area (Å²) in [7, 11) is 1.84. The van der Waals surface area contributed by atoms with Crippen molar-refractivity contribution in [2.75, 3.05) is 7.05 Å². The molecule has 1 heterocycles. The molecule has 1 unspecified atom stereocenters. The van der Waals surface area contributed by atoms with Crippen LogP contribution in [0.4, 0.5) is 8.78 Å². The fourth-order valence-corrected chi connectivity index (χ4v) is 4.17. The molecule has 1 aliphatic carbocycles. The topological polar surface area (TPSA) is 12.0 Å². The van der Waals surface area contributed by atoms with Crippen LogP contribution in [-0.4, -0.2) is 7.05 Å². The second kappa shape index (κ2) is 5.62. The number of halogens is 2. The van der Waals surface area contributed by atoms with Crippen molar-refractivity contribution in [3.63, 3.8) is 0 Å². The Morgan fingerprint density at radius 3 is 2.65 bits per heavy atom. The first-order chi connectivity index (χ1) is 9.69. The molecular weight excluding hydrogens is 276 g/mol. The van der Waals surface area contributed by atoms with E-state index in [0.29, 0.717) is 6.42 Å². The van der Waals surface area contributed by atoms with Gasteiger partial charge in [0, 0.05) is 21.4 Å². The van der Waals surface area contributed by atoms with Crippen molar-refractivity contribution in [1.82, 2.24) is 5.32 Å². The van der Waals surface area contributed by atoms with Crippen molar-refractivity contribution in [3.8, 4) is 0 Å². The predicted octanol–water partition coefficient (Wildman–Crippen LogP) is 4.02. The van der Waals surface area contributed by atoms with Crippen LogP contribution in [-0.2, 0) is 19.3 Å². The largest absolute Gasteiger partial charge is 0.312 e. The number of nitrogens with one attached hydrogen (secondary N) is 1. The van der Waals surface area contributed by atoms with Crippen LogP contribution in [0.2, 0.25) is 0 Å². The van der Waals surface area contributed by atoms with Gasteiger partial charge in [-0.15, -0.1) is 11.3 Å². The van der Waals surface area contributed by atoms with E-state index >= 15 is 0 Å². The van der Waals surface area contributed by atoms with Crippen molar-refractivity contribution in [2.45, 2.75) is 31.7 Å². The van der Waals surface area contributed by atoms with Gasteiger partial charge < -0.3 is 5.32 Å². The van der Waals surface area contributed by atoms with Gasteiger partial charge in [-0.1, -0.05) is 6.07 Å². The lowest BCUT2D eigenvalue weighted by atomic mass is 10.0. The van der Waals surface area contributed by atoms with Crippen LogP contribution in [0.1, 0.15) is 33.3 Å². The zero-order chi connectivity index (χ0) is 14.1. The van der Waals surface area contributed by atoms with Gasteiger partial charge in [-0.3, -0.25) is 0 Å². The molecular formula is C16H17F2NS. The van der Waals surface area contributed by atoms with Crippen molar-refractivity contribution in [1.29, 1.82) is 0 Å². The van der Waals surface area contributed by atoms with Crippen LogP contribution in [0.5, 0.6) is 0 Å². The molecule has 106 valence electrons. The van der Waals surface area contributed by atoms with Crippen molar-refractivity contribution < 1.29 is 8.78 Å². The summed E-state index contributed by atoms with van der Waals surface area (Å²) in [5, 5.41) is 3.19. The van der Waals surface area contributed by atoms with E-state index in [2.05, 4.69) is 11.4 Å². The summed E-state index contributed by atoms with van der Waals surface area (Å²) in [4.78, 5) is 2.62. The molecule has 0 spiro atoms. The first kappa shape index (κ1) is 13.7. The zero-order valence-corrected chi connectivity index (χ0v) is 12.2. The molecule has 0 aliphatic heterocycles. The Kier molecular flexibility index (Phi) is 3.85. The van der Waals surface area contributed by atoms with Gasteiger partial charge in [0.2, 0.25) is 0 Å². The molecule has 20 heavy (non-hydrogen) atoms. The summed E-state index contributed by atoms with van der Waals surface area (Å²) < 4.78 is 27.5. The van der Waals surface area contributed by atoms with Gasteiger partial charge in [0.1, 0.15) is 11.6 Å². The van der Waals surface area contributed by atoms with Crippen LogP contribution in [0.15, 0.2) is 24.3 Å². The van der Waals surface area contributed by atoms with Crippen LogP contribution in [0.25, 0.3) is 0 Å². The van der Waals surface area contributed by atoms with Gasteiger partial charge in [-0.25, -0.2) is 8.78 Å². The molecule has 0 saturated carbocycles. The predicted molar refractivity (Wildman–Crippen MR) is 78.2 cm³/mol. The summed E-state index contributed by atoms with van der Waals surface area (Å²) in [6.07, 6.45) is 3.85. The van der Waals surface area contributed by atoms with E-state index in [1.807, 2.05) is 7.05 Å². The van der Waals surface area contributed by atoms with Gasteiger partial charge in [-0.05, 0) is 56.5 Å². The lowest BCUT2D eigenvalue weighted by Crippen LogP contribution is -2.19. The SMILES string of the molecule is CNC(Cc1c(F)cccc1F)c1cc2c(s1)CCC2. The monoisotopic (exact) mass is 293 g/mol. The van der Waals surface area contributed by atoms with Crippen LogP contribution < -0.4 is 5.32 Å². The Bertz CT molecular complexity index is 579. The Labute approximate surface area is 121 Å². The summed E-state index contributed by atoms with van der Waals surface area (Å²) in [6, 6.07) is 6.21. The molecule has 1 N–H and O–H groups in total. The lowest BCUT2D eigenvalue weighted by molar-refractivity contribution is 0.518. The minimum atomic E-state index is -0.464. The van der Waals surface area contributed by atoms with E-state index in [-0.39, 0.29) is 11.6 Å². The zero-order valence-electron chi connectivity index (χ0n) is 11.4. The minimum Gasteiger partial charge on any atom is -0.312 e. The highest BCUT2D eigenvalue weighted by atomic mass is 32.1. The standard InChI is InChI=1S/C16H17F2NS/c1-19-14(9-11-12(17)5-3-6-13(11)18)16-8-10-4-2-7-15(10)20-16/h3,5-6,8,14,19H,2,4,7,9H2,1H3. The van der Waals surface area contributed by atoms with Gasteiger partial charge in [0.05, 0.1) is 0 Å². The molecule has 0 radical (unpaired) electrons. The van der Waals surface area contributed by atoms with E-state index in [1.54, 1.807) is 11.3 Å². The summed E-state index contributed by atoms with van der Waals surface area (Å²) in [5.41, 5.74) is 1.58. The molecule has 0 amide bonds. The molecule has 0 fully saturated rings. The number of hydrogen-bond acceptors (Lipinski definition) is 2. The lowest BCUT2D eigenvalue weighted by Gasteiger charge is -2.15. The number of fused-ring (bicyclic) bond motifs is 1. The summed E-state index contributed by atoms with van der Waals surface area (Å²) in [5.74, 6) is -0.927. The Morgan fingerprint density at radius 1 is 1.25 bits per heavy atom. The summed E-state index contributed by atoms with van der Waals surface area (Å²) in [6.45, 7) is 0. The van der Waals surface area contributed by atoms with E-state index in [1.165, 1.54) is 39.9 Å². The highest BCUT2D eigenvalue weighted by molar-refractivity contribution is 7.12. The van der Waals surface area contributed by atoms with Crippen LogP contribution in [0, 0.1) is 11.6 Å². The second-order valence-corrected chi connectivity index (χ2v) is 6.36. The third kappa shape index (κ3) is 2.50. The molecule has 2 aromatic rings. The fraction of sp³-hybridized carbons (Fsp3) is 0.375. The Hall–Kier alpha value is -1.26. The number of benzene rings is 1. The smallest absolute Gasteiger partial charge is 0.129 e. The molecule has 3 rings (SSSR count). The molecule has 1 aromatic carbocycles. The van der Waals surface area contributed by atoms with Gasteiger partial charge in [-0.2, -0.15) is 0 Å². The first-order valence-electron chi connectivity index (χ1n) is 6.90. The number of hydrogen-bond donors (Lipinski definition) is 1. The second-order valence-electron chi connectivity index (χ2n) is 5.20. The maximum atomic E-state index is 13.8. The Morgan fingerprint density at radius 2 is 2.00 bits per heavy atom.